The molecule has 0 radical (unpaired) electrons. The smallest absolute Gasteiger partial charge is 0.126 e. The van der Waals surface area contributed by atoms with Crippen molar-refractivity contribution < 1.29 is 4.39 Å². The molecule has 0 atom stereocenters. The van der Waals surface area contributed by atoms with Crippen LogP contribution in [0.15, 0.2) is 42.5 Å². The van der Waals surface area contributed by atoms with Crippen molar-refractivity contribution in [1.29, 1.82) is 0 Å². The van der Waals surface area contributed by atoms with E-state index < -0.39 is 0 Å². The number of hydrogen-bond donors (Lipinski definition) is 0. The zero-order chi connectivity index (χ0) is 11.5. The fourth-order valence-corrected chi connectivity index (χ4v) is 1.67. The van der Waals surface area contributed by atoms with Crippen molar-refractivity contribution in [2.45, 2.75) is 6.92 Å². The number of aryl methyl sites for hydroxylation is 1. The molecule has 0 aromatic heterocycles. The zero-order valence-corrected chi connectivity index (χ0v) is 9.00. The Labute approximate surface area is 94.7 Å². The van der Waals surface area contributed by atoms with Gasteiger partial charge in [-0.3, -0.25) is 0 Å². The average Bonchev–Trinajstić information content (AvgIpc) is 2.32. The standard InChI is InChI=1S/C15H11F/c1-3-12-6-4-5-7-14(12)13-8-9-15(16)11(2)10-13/h1,4-10H,2H3. The molecular weight excluding hydrogens is 199 g/mol. The van der Waals surface area contributed by atoms with Gasteiger partial charge in [0.1, 0.15) is 5.82 Å². The van der Waals surface area contributed by atoms with E-state index in [0.717, 1.165) is 16.7 Å². The lowest BCUT2D eigenvalue weighted by Gasteiger charge is -2.06. The molecule has 0 nitrogen and oxygen atoms in total. The minimum Gasteiger partial charge on any atom is -0.207 e. The Balaban J connectivity index is 2.60. The highest BCUT2D eigenvalue weighted by Gasteiger charge is 2.04. The Bertz CT molecular complexity index is 562. The van der Waals surface area contributed by atoms with Gasteiger partial charge in [-0.15, -0.1) is 6.42 Å². The van der Waals surface area contributed by atoms with E-state index in [9.17, 15) is 4.39 Å². The second kappa shape index (κ2) is 4.20. The molecule has 0 amide bonds. The van der Waals surface area contributed by atoms with Gasteiger partial charge in [0.25, 0.3) is 0 Å². The topological polar surface area (TPSA) is 0 Å². The van der Waals surface area contributed by atoms with Crippen molar-refractivity contribution in [3.8, 4) is 23.5 Å². The first-order valence-electron chi connectivity index (χ1n) is 5.04. The predicted molar refractivity (Wildman–Crippen MR) is 64.5 cm³/mol. The van der Waals surface area contributed by atoms with E-state index in [2.05, 4.69) is 5.92 Å². The van der Waals surface area contributed by atoms with E-state index in [1.165, 1.54) is 6.07 Å². The van der Waals surface area contributed by atoms with Gasteiger partial charge in [-0.1, -0.05) is 30.2 Å². The molecule has 78 valence electrons. The first-order chi connectivity index (χ1) is 7.72. The number of halogens is 1. The summed E-state index contributed by atoms with van der Waals surface area (Å²) in [6, 6.07) is 12.7. The highest BCUT2D eigenvalue weighted by molar-refractivity contribution is 5.71. The van der Waals surface area contributed by atoms with Gasteiger partial charge in [-0.25, -0.2) is 4.39 Å². The lowest BCUT2D eigenvalue weighted by molar-refractivity contribution is 0.619. The number of benzene rings is 2. The second-order valence-corrected chi connectivity index (χ2v) is 3.65. The van der Waals surface area contributed by atoms with E-state index in [1.807, 2.05) is 30.3 Å². The largest absolute Gasteiger partial charge is 0.207 e. The van der Waals surface area contributed by atoms with E-state index in [4.69, 9.17) is 6.42 Å². The Hall–Kier alpha value is -2.07. The summed E-state index contributed by atoms with van der Waals surface area (Å²) in [5, 5.41) is 0. The monoisotopic (exact) mass is 210 g/mol. The first kappa shape index (κ1) is 10.4. The van der Waals surface area contributed by atoms with Crippen LogP contribution in [0.4, 0.5) is 4.39 Å². The quantitative estimate of drug-likeness (QED) is 0.628. The normalized spacial score (nSPS) is 9.81. The van der Waals surface area contributed by atoms with Crippen LogP contribution >= 0.6 is 0 Å². The van der Waals surface area contributed by atoms with Gasteiger partial charge < -0.3 is 0 Å². The average molecular weight is 210 g/mol. The fraction of sp³-hybridized carbons (Fsp3) is 0.0667. The Morgan fingerprint density at radius 3 is 2.56 bits per heavy atom. The van der Waals surface area contributed by atoms with Crippen LogP contribution in [0.1, 0.15) is 11.1 Å². The third kappa shape index (κ3) is 1.83. The van der Waals surface area contributed by atoms with Crippen molar-refractivity contribution in [1.82, 2.24) is 0 Å². The predicted octanol–water partition coefficient (Wildman–Crippen LogP) is 3.78. The molecule has 0 aliphatic heterocycles. The third-order valence-electron chi connectivity index (χ3n) is 2.55. The molecular formula is C15H11F. The summed E-state index contributed by atoms with van der Waals surface area (Å²) in [6.45, 7) is 1.75. The SMILES string of the molecule is C#Cc1ccccc1-c1ccc(F)c(C)c1. The van der Waals surface area contributed by atoms with Gasteiger partial charge in [0.05, 0.1) is 0 Å². The van der Waals surface area contributed by atoms with Crippen molar-refractivity contribution in [2.75, 3.05) is 0 Å². The van der Waals surface area contributed by atoms with Crippen molar-refractivity contribution in [2.24, 2.45) is 0 Å². The maximum atomic E-state index is 13.2. The number of rotatable bonds is 1. The number of terminal acetylenes is 1. The molecule has 0 spiro atoms. The number of hydrogen-bond acceptors (Lipinski definition) is 0. The molecule has 0 bridgehead atoms. The summed E-state index contributed by atoms with van der Waals surface area (Å²) in [5.41, 5.74) is 3.37. The van der Waals surface area contributed by atoms with E-state index >= 15 is 0 Å². The van der Waals surface area contributed by atoms with Crippen LogP contribution in [-0.2, 0) is 0 Å². The van der Waals surface area contributed by atoms with Crippen molar-refractivity contribution in [3.05, 3.63) is 59.4 Å². The summed E-state index contributed by atoms with van der Waals surface area (Å²) < 4.78 is 13.2. The molecule has 0 saturated heterocycles. The van der Waals surface area contributed by atoms with Crippen LogP contribution in [0.25, 0.3) is 11.1 Å². The minimum absolute atomic E-state index is 0.193. The summed E-state index contributed by atoms with van der Waals surface area (Å²) in [4.78, 5) is 0. The molecule has 0 unspecified atom stereocenters. The van der Waals surface area contributed by atoms with Gasteiger partial charge in [0.2, 0.25) is 0 Å². The second-order valence-electron chi connectivity index (χ2n) is 3.65. The summed E-state index contributed by atoms with van der Waals surface area (Å²) in [6.07, 6.45) is 5.43. The van der Waals surface area contributed by atoms with E-state index in [-0.39, 0.29) is 5.82 Å². The van der Waals surface area contributed by atoms with Gasteiger partial charge in [-0.2, -0.15) is 0 Å². The van der Waals surface area contributed by atoms with Crippen LogP contribution in [0.3, 0.4) is 0 Å². The van der Waals surface area contributed by atoms with Gasteiger partial charge in [0, 0.05) is 5.56 Å². The van der Waals surface area contributed by atoms with Gasteiger partial charge in [-0.05, 0) is 41.8 Å². The fourth-order valence-electron chi connectivity index (χ4n) is 1.67. The Morgan fingerprint density at radius 1 is 1.12 bits per heavy atom. The maximum Gasteiger partial charge on any atom is 0.126 e. The minimum atomic E-state index is -0.193. The molecule has 2 aromatic carbocycles. The Morgan fingerprint density at radius 2 is 1.88 bits per heavy atom. The van der Waals surface area contributed by atoms with Crippen LogP contribution in [-0.4, -0.2) is 0 Å². The molecule has 1 heteroatoms. The Kier molecular flexibility index (Phi) is 2.74. The lowest BCUT2D eigenvalue weighted by atomic mass is 9.98. The van der Waals surface area contributed by atoms with Crippen LogP contribution in [0, 0.1) is 25.1 Å². The zero-order valence-electron chi connectivity index (χ0n) is 9.00. The first-order valence-corrected chi connectivity index (χ1v) is 5.04. The molecule has 0 heterocycles. The summed E-state index contributed by atoms with van der Waals surface area (Å²) in [5.74, 6) is 2.44. The molecule has 0 fully saturated rings. The maximum absolute atomic E-state index is 13.2. The van der Waals surface area contributed by atoms with E-state index in [1.54, 1.807) is 13.0 Å². The van der Waals surface area contributed by atoms with Gasteiger partial charge in [0.15, 0.2) is 0 Å². The highest BCUT2D eigenvalue weighted by atomic mass is 19.1. The lowest BCUT2D eigenvalue weighted by Crippen LogP contribution is -1.87. The van der Waals surface area contributed by atoms with Gasteiger partial charge >= 0.3 is 0 Å². The van der Waals surface area contributed by atoms with Crippen LogP contribution in [0.2, 0.25) is 0 Å². The summed E-state index contributed by atoms with van der Waals surface area (Å²) in [7, 11) is 0. The third-order valence-corrected chi connectivity index (χ3v) is 2.55. The molecule has 2 rings (SSSR count). The molecule has 16 heavy (non-hydrogen) atoms. The molecule has 0 aliphatic carbocycles. The van der Waals surface area contributed by atoms with E-state index in [0.29, 0.717) is 5.56 Å². The molecule has 0 N–H and O–H groups in total. The van der Waals surface area contributed by atoms with Crippen molar-refractivity contribution in [3.63, 3.8) is 0 Å². The van der Waals surface area contributed by atoms with Crippen molar-refractivity contribution >= 4 is 0 Å². The highest BCUT2D eigenvalue weighted by Crippen LogP contribution is 2.24. The van der Waals surface area contributed by atoms with Crippen LogP contribution in [0.5, 0.6) is 0 Å². The summed E-state index contributed by atoms with van der Waals surface area (Å²) >= 11 is 0. The van der Waals surface area contributed by atoms with Crippen LogP contribution < -0.4 is 0 Å². The molecule has 0 aliphatic rings. The molecule has 0 saturated carbocycles. The molecule has 2 aromatic rings.